The molecule has 2 fully saturated rings. The van der Waals surface area contributed by atoms with Gasteiger partial charge in [0.25, 0.3) is 0 Å². The minimum Gasteiger partial charge on any atom is -0.313 e. The summed E-state index contributed by atoms with van der Waals surface area (Å²) in [4.78, 5) is 16.0. The number of benzene rings is 1. The largest absolute Gasteiger partial charge is 0.417 e. The van der Waals surface area contributed by atoms with Crippen molar-refractivity contribution in [3.05, 3.63) is 28.8 Å². The first-order chi connectivity index (χ1) is 10.4. The van der Waals surface area contributed by atoms with Crippen LogP contribution in [0.1, 0.15) is 5.56 Å². The van der Waals surface area contributed by atoms with Gasteiger partial charge in [-0.15, -0.1) is 0 Å². The summed E-state index contributed by atoms with van der Waals surface area (Å²) in [5, 5.41) is 2.78. The number of anilines is 1. The lowest BCUT2D eigenvalue weighted by Gasteiger charge is -2.43. The zero-order valence-electron chi connectivity index (χ0n) is 11.7. The van der Waals surface area contributed by atoms with E-state index in [1.54, 1.807) is 0 Å². The molecule has 0 bridgehead atoms. The fourth-order valence-electron chi connectivity index (χ4n) is 2.93. The number of rotatable bonds is 1. The Balaban J connectivity index is 1.89. The number of hydrogen-bond donors (Lipinski definition) is 1. The molecule has 1 atom stereocenters. The second-order valence-electron chi connectivity index (χ2n) is 5.41. The van der Waals surface area contributed by atoms with Crippen LogP contribution in [0.25, 0.3) is 0 Å². The molecule has 0 aliphatic carbocycles. The summed E-state index contributed by atoms with van der Waals surface area (Å²) >= 11 is 5.63. The Morgan fingerprint density at radius 3 is 2.73 bits per heavy atom. The number of carbonyl (C=O) groups excluding carboxylic acids is 1. The van der Waals surface area contributed by atoms with E-state index in [1.807, 2.05) is 0 Å². The van der Waals surface area contributed by atoms with Crippen LogP contribution in [-0.2, 0) is 11.0 Å². The maximum atomic E-state index is 13.0. The van der Waals surface area contributed by atoms with Crippen molar-refractivity contribution in [2.24, 2.45) is 0 Å². The minimum absolute atomic E-state index is 0.172. The first kappa shape index (κ1) is 15.6. The summed E-state index contributed by atoms with van der Waals surface area (Å²) < 4.78 is 38.9. The molecular weight excluding hydrogens is 319 g/mol. The molecule has 0 spiro atoms. The fourth-order valence-corrected chi connectivity index (χ4v) is 3.16. The molecule has 22 heavy (non-hydrogen) atoms. The van der Waals surface area contributed by atoms with Crippen molar-refractivity contribution in [2.45, 2.75) is 12.2 Å². The van der Waals surface area contributed by atoms with Gasteiger partial charge < -0.3 is 10.2 Å². The molecule has 2 aliphatic rings. The lowest BCUT2D eigenvalue weighted by Crippen LogP contribution is -2.64. The number of amides is 1. The number of piperazine rings is 2. The van der Waals surface area contributed by atoms with Gasteiger partial charge in [-0.25, -0.2) is 0 Å². The first-order valence-corrected chi connectivity index (χ1v) is 7.38. The normalized spacial score (nSPS) is 23.5. The molecule has 3 rings (SSSR count). The standard InChI is InChI=1S/C14H15ClF3N3O/c15-11-2-1-9(7-10(11)14(16,17)18)21-6-5-20-4-3-19-8-12(20)13(21)22/h1-2,7,12,19H,3-6,8H2/t12-/m1/s1. The number of nitrogens with zero attached hydrogens (tertiary/aromatic N) is 2. The van der Waals surface area contributed by atoms with Gasteiger partial charge in [-0.3, -0.25) is 9.69 Å². The molecule has 1 N–H and O–H groups in total. The van der Waals surface area contributed by atoms with Crippen LogP contribution >= 0.6 is 11.6 Å². The van der Waals surface area contributed by atoms with E-state index in [-0.39, 0.29) is 22.7 Å². The van der Waals surface area contributed by atoms with E-state index < -0.39 is 11.7 Å². The van der Waals surface area contributed by atoms with Crippen LogP contribution in [0.4, 0.5) is 18.9 Å². The molecular formula is C14H15ClF3N3O. The summed E-state index contributed by atoms with van der Waals surface area (Å²) in [7, 11) is 0. The quantitative estimate of drug-likeness (QED) is 0.853. The predicted molar refractivity (Wildman–Crippen MR) is 77.0 cm³/mol. The van der Waals surface area contributed by atoms with E-state index in [1.165, 1.54) is 17.0 Å². The van der Waals surface area contributed by atoms with Crippen LogP contribution in [0.15, 0.2) is 18.2 Å². The number of fused-ring (bicyclic) bond motifs is 1. The zero-order chi connectivity index (χ0) is 15.9. The molecule has 1 aromatic rings. The Kier molecular flexibility index (Phi) is 4.05. The summed E-state index contributed by atoms with van der Waals surface area (Å²) in [6.45, 7) is 3.16. The first-order valence-electron chi connectivity index (χ1n) is 7.01. The van der Waals surface area contributed by atoms with Crippen molar-refractivity contribution in [2.75, 3.05) is 37.6 Å². The number of halogens is 4. The Hall–Kier alpha value is -1.31. The molecule has 2 heterocycles. The molecule has 2 aliphatic heterocycles. The van der Waals surface area contributed by atoms with Crippen LogP contribution in [0.2, 0.25) is 5.02 Å². The molecule has 4 nitrogen and oxygen atoms in total. The van der Waals surface area contributed by atoms with Crippen molar-refractivity contribution in [3.63, 3.8) is 0 Å². The molecule has 8 heteroatoms. The second kappa shape index (κ2) is 5.72. The number of alkyl halides is 3. The van der Waals surface area contributed by atoms with E-state index >= 15 is 0 Å². The Labute approximate surface area is 130 Å². The van der Waals surface area contributed by atoms with Crippen LogP contribution in [0.3, 0.4) is 0 Å². The monoisotopic (exact) mass is 333 g/mol. The summed E-state index contributed by atoms with van der Waals surface area (Å²) in [5.41, 5.74) is -0.671. The molecule has 120 valence electrons. The van der Waals surface area contributed by atoms with Crippen LogP contribution in [0.5, 0.6) is 0 Å². The highest BCUT2D eigenvalue weighted by Gasteiger charge is 2.38. The smallest absolute Gasteiger partial charge is 0.313 e. The highest BCUT2D eigenvalue weighted by molar-refractivity contribution is 6.31. The van der Waals surface area contributed by atoms with Crippen molar-refractivity contribution in [3.8, 4) is 0 Å². The van der Waals surface area contributed by atoms with E-state index in [0.29, 0.717) is 19.6 Å². The van der Waals surface area contributed by atoms with Gasteiger partial charge in [-0.2, -0.15) is 13.2 Å². The van der Waals surface area contributed by atoms with Crippen molar-refractivity contribution >= 4 is 23.2 Å². The third kappa shape index (κ3) is 2.80. The van der Waals surface area contributed by atoms with Gasteiger partial charge in [0.05, 0.1) is 10.6 Å². The van der Waals surface area contributed by atoms with Gasteiger partial charge in [-0.05, 0) is 18.2 Å². The van der Waals surface area contributed by atoms with Crippen molar-refractivity contribution < 1.29 is 18.0 Å². The van der Waals surface area contributed by atoms with Crippen LogP contribution in [0, 0.1) is 0 Å². The predicted octanol–water partition coefficient (Wildman–Crippen LogP) is 1.98. The lowest BCUT2D eigenvalue weighted by molar-refractivity contribution is -0.137. The van der Waals surface area contributed by atoms with Gasteiger partial charge in [0.1, 0.15) is 6.04 Å². The number of hydrogen-bond acceptors (Lipinski definition) is 3. The molecule has 0 radical (unpaired) electrons. The third-order valence-corrected chi connectivity index (χ3v) is 4.41. The van der Waals surface area contributed by atoms with E-state index in [0.717, 1.165) is 19.2 Å². The Morgan fingerprint density at radius 2 is 2.00 bits per heavy atom. The minimum atomic E-state index is -4.54. The van der Waals surface area contributed by atoms with Crippen LogP contribution in [-0.4, -0.2) is 49.6 Å². The molecule has 1 aromatic carbocycles. The van der Waals surface area contributed by atoms with Gasteiger partial charge in [0.15, 0.2) is 0 Å². The van der Waals surface area contributed by atoms with Gasteiger partial charge >= 0.3 is 6.18 Å². The van der Waals surface area contributed by atoms with Gasteiger partial charge in [0.2, 0.25) is 5.91 Å². The molecule has 2 saturated heterocycles. The highest BCUT2D eigenvalue weighted by atomic mass is 35.5. The topological polar surface area (TPSA) is 35.6 Å². The lowest BCUT2D eigenvalue weighted by atomic mass is 10.1. The summed E-state index contributed by atoms with van der Waals surface area (Å²) in [6, 6.07) is 3.29. The van der Waals surface area contributed by atoms with Gasteiger partial charge in [-0.1, -0.05) is 11.6 Å². The second-order valence-corrected chi connectivity index (χ2v) is 5.81. The summed E-state index contributed by atoms with van der Waals surface area (Å²) in [5.74, 6) is -0.172. The fraction of sp³-hybridized carbons (Fsp3) is 0.500. The van der Waals surface area contributed by atoms with Gasteiger partial charge in [0, 0.05) is 38.4 Å². The number of nitrogens with one attached hydrogen (secondary N) is 1. The van der Waals surface area contributed by atoms with E-state index in [2.05, 4.69) is 10.2 Å². The van der Waals surface area contributed by atoms with E-state index in [4.69, 9.17) is 11.6 Å². The summed E-state index contributed by atoms with van der Waals surface area (Å²) in [6.07, 6.45) is -4.54. The maximum Gasteiger partial charge on any atom is 0.417 e. The molecule has 0 saturated carbocycles. The molecule has 0 aromatic heterocycles. The Bertz CT molecular complexity index is 593. The SMILES string of the molecule is O=C1[C@H]2CNCCN2CCN1c1ccc(Cl)c(C(F)(F)F)c1. The number of carbonyl (C=O) groups is 1. The zero-order valence-corrected chi connectivity index (χ0v) is 12.4. The molecule has 0 unspecified atom stereocenters. The Morgan fingerprint density at radius 1 is 1.23 bits per heavy atom. The molecule has 1 amide bonds. The highest BCUT2D eigenvalue weighted by Crippen LogP contribution is 2.37. The van der Waals surface area contributed by atoms with Crippen molar-refractivity contribution in [1.29, 1.82) is 0 Å². The average molecular weight is 334 g/mol. The van der Waals surface area contributed by atoms with Crippen molar-refractivity contribution in [1.82, 2.24) is 10.2 Å². The maximum absolute atomic E-state index is 13.0. The third-order valence-electron chi connectivity index (χ3n) is 4.08. The average Bonchev–Trinajstić information content (AvgIpc) is 2.48. The van der Waals surface area contributed by atoms with E-state index in [9.17, 15) is 18.0 Å². The van der Waals surface area contributed by atoms with Crippen LogP contribution < -0.4 is 10.2 Å².